The molecule has 0 saturated heterocycles. The third kappa shape index (κ3) is 3.59. The summed E-state index contributed by atoms with van der Waals surface area (Å²) in [6, 6.07) is 12.2. The van der Waals surface area contributed by atoms with Crippen LogP contribution in [0.1, 0.15) is 75.1 Å². The molecule has 2 aromatic rings. The fraction of sp³-hybridized carbons (Fsp3) is 0.520. The highest BCUT2D eigenvalue weighted by Gasteiger charge is 2.43. The van der Waals surface area contributed by atoms with Crippen molar-refractivity contribution < 1.29 is 10.2 Å². The van der Waals surface area contributed by atoms with Gasteiger partial charge in [0.1, 0.15) is 11.5 Å². The van der Waals surface area contributed by atoms with Crippen molar-refractivity contribution in [3.8, 4) is 11.5 Å². The highest BCUT2D eigenvalue weighted by Crippen LogP contribution is 2.52. The summed E-state index contributed by atoms with van der Waals surface area (Å²) < 4.78 is 0. The minimum Gasteiger partial charge on any atom is -0.508 e. The van der Waals surface area contributed by atoms with Crippen molar-refractivity contribution in [3.63, 3.8) is 0 Å². The maximum atomic E-state index is 10.1. The Morgan fingerprint density at radius 3 is 1.93 bits per heavy atom. The zero-order valence-corrected chi connectivity index (χ0v) is 17.5. The van der Waals surface area contributed by atoms with E-state index >= 15 is 0 Å². The van der Waals surface area contributed by atoms with Crippen LogP contribution in [0.3, 0.4) is 0 Å². The molecular formula is C25H34O2. The van der Waals surface area contributed by atoms with Gasteiger partial charge in [-0.15, -0.1) is 0 Å². The van der Waals surface area contributed by atoms with Gasteiger partial charge in [-0.25, -0.2) is 0 Å². The summed E-state index contributed by atoms with van der Waals surface area (Å²) in [4.78, 5) is 0. The lowest BCUT2D eigenvalue weighted by Crippen LogP contribution is -2.39. The first kappa shape index (κ1) is 19.8. The lowest BCUT2D eigenvalue weighted by molar-refractivity contribution is 0.116. The zero-order valence-electron chi connectivity index (χ0n) is 17.5. The number of hydrogen-bond acceptors (Lipinski definition) is 2. The van der Waals surface area contributed by atoms with Gasteiger partial charge in [0.25, 0.3) is 0 Å². The third-order valence-corrected chi connectivity index (χ3v) is 7.27. The Labute approximate surface area is 164 Å². The molecule has 2 heteroatoms. The van der Waals surface area contributed by atoms with Gasteiger partial charge in [0.05, 0.1) is 0 Å². The lowest BCUT2D eigenvalue weighted by Gasteiger charge is -2.47. The highest BCUT2D eigenvalue weighted by atomic mass is 16.3. The molecule has 0 aliphatic heterocycles. The van der Waals surface area contributed by atoms with Crippen molar-refractivity contribution in [1.82, 2.24) is 0 Å². The van der Waals surface area contributed by atoms with Crippen LogP contribution in [0.15, 0.2) is 36.4 Å². The van der Waals surface area contributed by atoms with Crippen molar-refractivity contribution in [1.29, 1.82) is 0 Å². The second-order valence-electron chi connectivity index (χ2n) is 9.22. The van der Waals surface area contributed by atoms with E-state index in [0.29, 0.717) is 22.8 Å². The molecule has 1 fully saturated rings. The van der Waals surface area contributed by atoms with Crippen molar-refractivity contribution in [2.75, 3.05) is 0 Å². The summed E-state index contributed by atoms with van der Waals surface area (Å²) in [7, 11) is 0. The van der Waals surface area contributed by atoms with Crippen LogP contribution in [-0.4, -0.2) is 10.2 Å². The van der Waals surface area contributed by atoms with Gasteiger partial charge in [0, 0.05) is 5.41 Å². The number of rotatable bonds is 4. The summed E-state index contributed by atoms with van der Waals surface area (Å²) in [6.07, 6.45) is 5.88. The Morgan fingerprint density at radius 2 is 1.48 bits per heavy atom. The Balaban J connectivity index is 2.16. The van der Waals surface area contributed by atoms with E-state index in [0.717, 1.165) is 24.0 Å². The van der Waals surface area contributed by atoms with E-state index in [2.05, 4.69) is 45.0 Å². The van der Waals surface area contributed by atoms with Gasteiger partial charge in [0.15, 0.2) is 0 Å². The summed E-state index contributed by atoms with van der Waals surface area (Å²) in [6.45, 7) is 11.1. The van der Waals surface area contributed by atoms with Crippen LogP contribution in [0.2, 0.25) is 0 Å². The molecular weight excluding hydrogens is 332 g/mol. The highest BCUT2D eigenvalue weighted by molar-refractivity contribution is 5.48. The average Bonchev–Trinajstić information content (AvgIpc) is 2.66. The van der Waals surface area contributed by atoms with Gasteiger partial charge in [-0.3, -0.25) is 0 Å². The van der Waals surface area contributed by atoms with E-state index < -0.39 is 0 Å². The van der Waals surface area contributed by atoms with Crippen LogP contribution in [0.4, 0.5) is 0 Å². The predicted octanol–water partition coefficient (Wildman–Crippen LogP) is 6.63. The molecule has 2 aromatic carbocycles. The molecule has 0 radical (unpaired) electrons. The topological polar surface area (TPSA) is 40.5 Å². The second kappa shape index (κ2) is 7.22. The van der Waals surface area contributed by atoms with Gasteiger partial charge < -0.3 is 10.2 Å². The van der Waals surface area contributed by atoms with E-state index in [1.807, 2.05) is 26.0 Å². The fourth-order valence-electron chi connectivity index (χ4n) is 4.83. The van der Waals surface area contributed by atoms with Gasteiger partial charge >= 0.3 is 0 Å². The quantitative estimate of drug-likeness (QED) is 0.638. The smallest absolute Gasteiger partial charge is 0.118 e. The summed E-state index contributed by atoms with van der Waals surface area (Å²) in [5, 5.41) is 20.1. The summed E-state index contributed by atoms with van der Waals surface area (Å²) in [5.74, 6) is 1.37. The van der Waals surface area contributed by atoms with Gasteiger partial charge in [-0.05, 0) is 78.8 Å². The maximum absolute atomic E-state index is 10.1. The number of phenols is 2. The molecule has 3 rings (SSSR count). The fourth-order valence-corrected chi connectivity index (χ4v) is 4.83. The standard InChI is InChI=1S/C25H34O2/c1-6-24(4,5)21-8-7-13-25(16-21,19-9-11-22(26)17(2)14-19)20-10-12-23(27)18(3)15-20/h9-12,14-15,21,26-27H,6-8,13,16H2,1-5H3. The molecule has 2 N–H and O–H groups in total. The lowest BCUT2D eigenvalue weighted by atomic mass is 9.57. The predicted molar refractivity (Wildman–Crippen MR) is 112 cm³/mol. The molecule has 0 aromatic heterocycles. The molecule has 0 heterocycles. The summed E-state index contributed by atoms with van der Waals surface area (Å²) in [5.41, 5.74) is 4.69. The largest absolute Gasteiger partial charge is 0.508 e. The Kier molecular flexibility index (Phi) is 5.29. The molecule has 1 atom stereocenters. The van der Waals surface area contributed by atoms with Crippen LogP contribution in [0.25, 0.3) is 0 Å². The molecule has 2 nitrogen and oxygen atoms in total. The molecule has 1 unspecified atom stereocenters. The Hall–Kier alpha value is -1.96. The van der Waals surface area contributed by atoms with Crippen LogP contribution < -0.4 is 0 Å². The van der Waals surface area contributed by atoms with Crippen LogP contribution in [-0.2, 0) is 5.41 Å². The number of benzene rings is 2. The molecule has 1 aliphatic rings. The molecule has 146 valence electrons. The molecule has 1 saturated carbocycles. The van der Waals surface area contributed by atoms with Gasteiger partial charge in [-0.1, -0.05) is 57.9 Å². The average molecular weight is 367 g/mol. The third-order valence-electron chi connectivity index (χ3n) is 7.27. The van der Waals surface area contributed by atoms with E-state index in [9.17, 15) is 10.2 Å². The Bertz CT molecular complexity index is 768. The van der Waals surface area contributed by atoms with Crippen LogP contribution in [0.5, 0.6) is 11.5 Å². The first-order valence-electron chi connectivity index (χ1n) is 10.3. The molecule has 27 heavy (non-hydrogen) atoms. The molecule has 0 spiro atoms. The molecule has 0 bridgehead atoms. The number of aryl methyl sites for hydroxylation is 2. The molecule has 1 aliphatic carbocycles. The van der Waals surface area contributed by atoms with Crippen molar-refractivity contribution in [2.24, 2.45) is 11.3 Å². The van der Waals surface area contributed by atoms with Gasteiger partial charge in [0.2, 0.25) is 0 Å². The molecule has 0 amide bonds. The van der Waals surface area contributed by atoms with E-state index in [-0.39, 0.29) is 5.41 Å². The van der Waals surface area contributed by atoms with Crippen molar-refractivity contribution in [2.45, 2.75) is 72.1 Å². The second-order valence-corrected chi connectivity index (χ2v) is 9.22. The number of aromatic hydroxyl groups is 2. The number of phenolic OH excluding ortho intramolecular Hbond substituents is 2. The van der Waals surface area contributed by atoms with E-state index in [1.165, 1.54) is 30.4 Å². The first-order valence-corrected chi connectivity index (χ1v) is 10.3. The maximum Gasteiger partial charge on any atom is 0.118 e. The van der Waals surface area contributed by atoms with Crippen molar-refractivity contribution >= 4 is 0 Å². The zero-order chi connectivity index (χ0) is 19.8. The van der Waals surface area contributed by atoms with E-state index in [1.54, 1.807) is 0 Å². The first-order chi connectivity index (χ1) is 12.7. The SMILES string of the molecule is CCC(C)(C)C1CCCC(c2ccc(O)c(C)c2)(c2ccc(O)c(C)c2)C1. The Morgan fingerprint density at radius 1 is 0.963 bits per heavy atom. The normalized spacial score (nSPS) is 19.8. The van der Waals surface area contributed by atoms with E-state index in [4.69, 9.17) is 0 Å². The monoisotopic (exact) mass is 366 g/mol. The number of hydrogen-bond donors (Lipinski definition) is 2. The van der Waals surface area contributed by atoms with Crippen LogP contribution >= 0.6 is 0 Å². The minimum atomic E-state index is -0.0632. The summed E-state index contributed by atoms with van der Waals surface area (Å²) >= 11 is 0. The minimum absolute atomic E-state index is 0.0632. The van der Waals surface area contributed by atoms with Crippen LogP contribution in [0, 0.1) is 25.2 Å². The van der Waals surface area contributed by atoms with Gasteiger partial charge in [-0.2, -0.15) is 0 Å². The van der Waals surface area contributed by atoms with Crippen molar-refractivity contribution in [3.05, 3.63) is 58.7 Å².